The molecule has 0 saturated heterocycles. The molecule has 0 unspecified atom stereocenters. The Labute approximate surface area is 162 Å². The normalized spacial score (nSPS) is 11.8. The summed E-state index contributed by atoms with van der Waals surface area (Å²) >= 11 is 6.01. The topological polar surface area (TPSA) is 71.7 Å². The van der Waals surface area contributed by atoms with E-state index in [1.165, 1.54) is 36.4 Å². The lowest BCUT2D eigenvalue weighted by atomic mass is 10.1. The number of rotatable bonds is 5. The molecule has 0 aliphatic rings. The molecule has 0 aliphatic carbocycles. The van der Waals surface area contributed by atoms with Gasteiger partial charge in [-0.1, -0.05) is 23.7 Å². The van der Waals surface area contributed by atoms with Gasteiger partial charge in [0.05, 0.1) is 17.0 Å². The second-order valence-electron chi connectivity index (χ2n) is 6.23. The van der Waals surface area contributed by atoms with Crippen LogP contribution >= 0.6 is 11.6 Å². The zero-order valence-electron chi connectivity index (χ0n) is 14.5. The molecule has 28 heavy (non-hydrogen) atoms. The molecule has 0 atom stereocenters. The summed E-state index contributed by atoms with van der Waals surface area (Å²) in [6, 6.07) is 8.35. The van der Waals surface area contributed by atoms with Crippen LogP contribution in [0.1, 0.15) is 16.8 Å². The molecule has 3 rings (SSSR count). The first kappa shape index (κ1) is 19.9. The van der Waals surface area contributed by atoms with Crippen molar-refractivity contribution in [3.8, 4) is 11.5 Å². The van der Waals surface area contributed by atoms with E-state index in [4.69, 9.17) is 11.6 Å². The third-order valence-electron chi connectivity index (χ3n) is 4.35. The van der Waals surface area contributed by atoms with Crippen molar-refractivity contribution in [2.75, 3.05) is 0 Å². The Hall–Kier alpha value is -2.87. The van der Waals surface area contributed by atoms with E-state index in [9.17, 15) is 28.2 Å². The molecule has 0 spiro atoms. The number of halogens is 4. The molecule has 5 nitrogen and oxygen atoms in total. The molecular weight excluding hydrogens is 399 g/mol. The van der Waals surface area contributed by atoms with Crippen molar-refractivity contribution in [2.24, 2.45) is 0 Å². The number of aromatic nitrogens is 1. The third kappa shape index (κ3) is 4.17. The van der Waals surface area contributed by atoms with Crippen molar-refractivity contribution in [1.29, 1.82) is 0 Å². The first-order valence-corrected chi connectivity index (χ1v) is 8.49. The number of benzene rings is 2. The highest BCUT2D eigenvalue weighted by Gasteiger charge is 2.31. The summed E-state index contributed by atoms with van der Waals surface area (Å²) in [6.45, 7) is 2.01. The average Bonchev–Trinajstić information content (AvgIpc) is 2.81. The molecule has 9 heteroatoms. The highest BCUT2D eigenvalue weighted by molar-refractivity contribution is 6.32. The lowest BCUT2D eigenvalue weighted by Crippen LogP contribution is -2.17. The van der Waals surface area contributed by atoms with Crippen molar-refractivity contribution >= 4 is 28.5 Å². The van der Waals surface area contributed by atoms with Crippen LogP contribution < -0.4 is 4.74 Å². The maximum absolute atomic E-state index is 12.3. The zero-order chi connectivity index (χ0) is 20.6. The van der Waals surface area contributed by atoms with Crippen molar-refractivity contribution in [2.45, 2.75) is 26.3 Å². The summed E-state index contributed by atoms with van der Waals surface area (Å²) in [5.41, 5.74) is 2.49. The molecule has 0 amide bonds. The molecule has 2 N–H and O–H groups in total. The Bertz CT molecular complexity index is 1040. The van der Waals surface area contributed by atoms with E-state index in [1.54, 1.807) is 11.5 Å². The fraction of sp³-hybridized carbons (Fsp3) is 0.211. The minimum Gasteiger partial charge on any atom is -0.506 e. The maximum Gasteiger partial charge on any atom is 0.573 e. The fourth-order valence-electron chi connectivity index (χ4n) is 3.11. The molecule has 0 aliphatic heterocycles. The lowest BCUT2D eigenvalue weighted by molar-refractivity contribution is -0.274. The number of nitrogens with zero attached hydrogens (tertiary/aromatic N) is 1. The van der Waals surface area contributed by atoms with Gasteiger partial charge in [0.2, 0.25) is 0 Å². The summed E-state index contributed by atoms with van der Waals surface area (Å²) in [4.78, 5) is 11.2. The van der Waals surface area contributed by atoms with Gasteiger partial charge in [-0.2, -0.15) is 0 Å². The number of fused-ring (bicyclic) bond motifs is 1. The van der Waals surface area contributed by atoms with Crippen molar-refractivity contribution in [1.82, 2.24) is 4.57 Å². The number of phenolic OH excluding ortho intramolecular Hbond substituents is 1. The predicted octanol–water partition coefficient (Wildman–Crippen LogP) is 4.88. The Morgan fingerprint density at radius 2 is 1.86 bits per heavy atom. The van der Waals surface area contributed by atoms with Crippen LogP contribution in [0.3, 0.4) is 0 Å². The average molecular weight is 414 g/mol. The summed E-state index contributed by atoms with van der Waals surface area (Å²) in [5, 5.41) is 19.8. The first-order chi connectivity index (χ1) is 13.0. The van der Waals surface area contributed by atoms with Crippen molar-refractivity contribution < 1.29 is 32.9 Å². The number of carbonyl (C=O) groups is 1. The van der Waals surface area contributed by atoms with Crippen LogP contribution in [0.25, 0.3) is 10.9 Å². The molecular formula is C19H15ClF3NO4. The van der Waals surface area contributed by atoms with E-state index < -0.39 is 12.3 Å². The van der Waals surface area contributed by atoms with Crippen LogP contribution in [-0.4, -0.2) is 27.1 Å². The molecule has 0 fully saturated rings. The standard InChI is InChI=1S/C19H15ClF3NO4/c1-10-13(7-18(26)27)14-6-17(25)15(20)8-16(14)24(10)9-11-2-4-12(5-3-11)28-19(21,22)23/h2-6,8,25H,7,9H2,1H3,(H,26,27). The van der Waals surface area contributed by atoms with E-state index >= 15 is 0 Å². The minimum absolute atomic E-state index is 0.113. The van der Waals surface area contributed by atoms with E-state index in [-0.39, 0.29) is 29.5 Å². The van der Waals surface area contributed by atoms with Gasteiger partial charge in [-0.3, -0.25) is 4.79 Å². The predicted molar refractivity (Wildman–Crippen MR) is 96.9 cm³/mol. The summed E-state index contributed by atoms with van der Waals surface area (Å²) in [6.07, 6.45) is -5.01. The first-order valence-electron chi connectivity index (χ1n) is 8.12. The highest BCUT2D eigenvalue weighted by atomic mass is 35.5. The monoisotopic (exact) mass is 413 g/mol. The summed E-state index contributed by atoms with van der Waals surface area (Å²) in [7, 11) is 0. The number of aliphatic carboxylic acids is 1. The van der Waals surface area contributed by atoms with Crippen LogP contribution in [0.15, 0.2) is 36.4 Å². The lowest BCUT2D eigenvalue weighted by Gasteiger charge is -2.12. The van der Waals surface area contributed by atoms with Crippen LogP contribution in [0.5, 0.6) is 11.5 Å². The van der Waals surface area contributed by atoms with Gasteiger partial charge in [-0.05, 0) is 42.3 Å². The molecule has 0 bridgehead atoms. The van der Waals surface area contributed by atoms with Crippen molar-refractivity contribution in [3.63, 3.8) is 0 Å². The Morgan fingerprint density at radius 1 is 1.21 bits per heavy atom. The largest absolute Gasteiger partial charge is 0.573 e. The molecule has 148 valence electrons. The highest BCUT2D eigenvalue weighted by Crippen LogP contribution is 2.35. The minimum atomic E-state index is -4.76. The quantitative estimate of drug-likeness (QED) is 0.625. The van der Waals surface area contributed by atoms with Gasteiger partial charge in [0.1, 0.15) is 11.5 Å². The van der Waals surface area contributed by atoms with E-state index in [2.05, 4.69) is 4.74 Å². The van der Waals surface area contributed by atoms with Crippen LogP contribution in [0.4, 0.5) is 13.2 Å². The van der Waals surface area contributed by atoms with Crippen LogP contribution in [-0.2, 0) is 17.8 Å². The van der Waals surface area contributed by atoms with Crippen LogP contribution in [0, 0.1) is 6.92 Å². The number of carboxylic acid groups (broad SMARTS) is 1. The van der Waals surface area contributed by atoms with Gasteiger partial charge in [0.15, 0.2) is 0 Å². The van der Waals surface area contributed by atoms with Crippen molar-refractivity contribution in [3.05, 3.63) is 58.2 Å². The van der Waals surface area contributed by atoms with Gasteiger partial charge >= 0.3 is 12.3 Å². The molecule has 0 saturated carbocycles. The molecule has 0 radical (unpaired) electrons. The van der Waals surface area contributed by atoms with Gasteiger partial charge in [0, 0.05) is 17.6 Å². The van der Waals surface area contributed by atoms with Gasteiger partial charge < -0.3 is 19.5 Å². The molecule has 1 heterocycles. The summed E-state index contributed by atoms with van der Waals surface area (Å²) in [5.74, 6) is -1.51. The summed E-state index contributed by atoms with van der Waals surface area (Å²) < 4.78 is 42.5. The van der Waals surface area contributed by atoms with E-state index in [1.807, 2.05) is 0 Å². The second kappa shape index (κ2) is 7.27. The zero-order valence-corrected chi connectivity index (χ0v) is 15.3. The van der Waals surface area contributed by atoms with Gasteiger partial charge in [-0.15, -0.1) is 13.2 Å². The number of alkyl halides is 3. The number of aromatic hydroxyl groups is 1. The SMILES string of the molecule is Cc1c(CC(=O)O)c2cc(O)c(Cl)cc2n1Cc1ccc(OC(F)(F)F)cc1. The number of hydrogen-bond donors (Lipinski definition) is 2. The second-order valence-corrected chi connectivity index (χ2v) is 6.64. The number of phenols is 1. The molecule has 1 aromatic heterocycles. The van der Waals surface area contributed by atoms with E-state index in [0.29, 0.717) is 27.7 Å². The van der Waals surface area contributed by atoms with Crippen LogP contribution in [0.2, 0.25) is 5.02 Å². The Kier molecular flexibility index (Phi) is 5.16. The maximum atomic E-state index is 12.3. The smallest absolute Gasteiger partial charge is 0.506 e. The molecule has 3 aromatic rings. The Morgan fingerprint density at radius 3 is 2.43 bits per heavy atom. The third-order valence-corrected chi connectivity index (χ3v) is 4.65. The molecule has 2 aromatic carbocycles. The van der Waals surface area contributed by atoms with E-state index in [0.717, 1.165) is 0 Å². The fourth-order valence-corrected chi connectivity index (χ4v) is 3.27. The number of ether oxygens (including phenoxy) is 1. The Balaban J connectivity index is 2.02. The van der Waals surface area contributed by atoms with Gasteiger partial charge in [-0.25, -0.2) is 0 Å². The van der Waals surface area contributed by atoms with Gasteiger partial charge in [0.25, 0.3) is 0 Å². The number of carboxylic acids is 1. The number of hydrogen-bond acceptors (Lipinski definition) is 3.